The second-order valence-electron chi connectivity index (χ2n) is 4.85. The molecule has 22 heavy (non-hydrogen) atoms. The summed E-state index contributed by atoms with van der Waals surface area (Å²) in [5, 5.41) is 13.7. The topological polar surface area (TPSA) is 79.0 Å². The molecule has 3 rings (SSSR count). The number of nitrogens with zero attached hydrogens (tertiary/aromatic N) is 1. The molecule has 0 saturated carbocycles. The third-order valence-electron chi connectivity index (χ3n) is 3.53. The van der Waals surface area contributed by atoms with Crippen LogP contribution in [0.25, 0.3) is 0 Å². The van der Waals surface area contributed by atoms with Crippen LogP contribution in [0, 0.1) is 0 Å². The number of rotatable bonds is 3. The second kappa shape index (κ2) is 6.16. The Labute approximate surface area is 137 Å². The molecule has 1 aromatic carbocycles. The zero-order chi connectivity index (χ0) is 15.7. The van der Waals surface area contributed by atoms with Gasteiger partial charge in [0.1, 0.15) is 5.56 Å². The Hall–Kier alpha value is -1.76. The fraction of sp³-hybridized carbons (Fsp3) is 0.286. The van der Waals surface area contributed by atoms with Crippen molar-refractivity contribution in [2.45, 2.75) is 13.0 Å². The molecule has 2 aromatic rings. The Bertz CT molecular complexity index is 730. The summed E-state index contributed by atoms with van der Waals surface area (Å²) in [7, 11) is 1.44. The van der Waals surface area contributed by atoms with Gasteiger partial charge in [0.25, 0.3) is 5.91 Å². The van der Waals surface area contributed by atoms with Crippen LogP contribution in [-0.2, 0) is 13.0 Å². The molecule has 1 aromatic heterocycles. The molecular formula is C14H14Cl2N4O2. The van der Waals surface area contributed by atoms with Gasteiger partial charge in [-0.25, -0.2) is 0 Å². The number of aromatic amines is 1. The van der Waals surface area contributed by atoms with Gasteiger partial charge in [0.2, 0.25) is 0 Å². The first-order valence-electron chi connectivity index (χ1n) is 6.72. The number of fused-ring (bicyclic) bond motifs is 1. The highest BCUT2D eigenvalue weighted by molar-refractivity contribution is 6.37. The van der Waals surface area contributed by atoms with Crippen LogP contribution in [0.1, 0.15) is 21.6 Å². The molecule has 0 aliphatic carbocycles. The normalized spacial score (nSPS) is 13.6. The molecule has 2 heterocycles. The summed E-state index contributed by atoms with van der Waals surface area (Å²) < 4.78 is 5.19. The molecule has 0 radical (unpaired) electrons. The molecule has 8 heteroatoms. The van der Waals surface area contributed by atoms with Crippen molar-refractivity contribution in [2.24, 2.45) is 0 Å². The Morgan fingerprint density at radius 3 is 2.91 bits per heavy atom. The van der Waals surface area contributed by atoms with Gasteiger partial charge in [0, 0.05) is 12.1 Å². The minimum atomic E-state index is -0.405. The van der Waals surface area contributed by atoms with Crippen LogP contribution in [-0.4, -0.2) is 29.8 Å². The number of carbonyl (C=O) groups is 1. The van der Waals surface area contributed by atoms with E-state index >= 15 is 0 Å². The molecule has 1 aliphatic heterocycles. The molecule has 6 nitrogen and oxygen atoms in total. The molecule has 0 fully saturated rings. The van der Waals surface area contributed by atoms with Gasteiger partial charge in [-0.1, -0.05) is 23.2 Å². The number of benzene rings is 1. The van der Waals surface area contributed by atoms with Gasteiger partial charge >= 0.3 is 0 Å². The molecule has 0 spiro atoms. The summed E-state index contributed by atoms with van der Waals surface area (Å²) in [6, 6.07) is 3.15. The number of H-pyrrole nitrogens is 1. The fourth-order valence-corrected chi connectivity index (χ4v) is 2.93. The summed E-state index contributed by atoms with van der Waals surface area (Å²) in [5.74, 6) is 0.356. The maximum Gasteiger partial charge on any atom is 0.262 e. The van der Waals surface area contributed by atoms with E-state index in [9.17, 15) is 4.79 Å². The summed E-state index contributed by atoms with van der Waals surface area (Å²) in [4.78, 5) is 12.5. The minimum Gasteiger partial charge on any atom is -0.494 e. The SMILES string of the molecule is COc1c(Cl)ccc(Cl)c1C(=O)Nc1n[nH]c2c1CCNC2. The van der Waals surface area contributed by atoms with E-state index in [1.807, 2.05) is 0 Å². The van der Waals surface area contributed by atoms with Crippen LogP contribution in [0.4, 0.5) is 5.82 Å². The Morgan fingerprint density at radius 1 is 1.36 bits per heavy atom. The Balaban J connectivity index is 1.93. The lowest BCUT2D eigenvalue weighted by Gasteiger charge is -2.14. The van der Waals surface area contributed by atoms with Crippen molar-refractivity contribution in [3.8, 4) is 5.75 Å². The predicted octanol–water partition coefficient (Wildman–Crippen LogP) is 2.62. The van der Waals surface area contributed by atoms with Gasteiger partial charge in [-0.3, -0.25) is 9.89 Å². The first kappa shape index (κ1) is 15.1. The number of carbonyl (C=O) groups excluding carboxylic acids is 1. The van der Waals surface area contributed by atoms with Crippen molar-refractivity contribution in [1.29, 1.82) is 0 Å². The maximum atomic E-state index is 12.5. The third kappa shape index (κ3) is 2.65. The highest BCUT2D eigenvalue weighted by Crippen LogP contribution is 2.34. The number of halogens is 2. The average molecular weight is 341 g/mol. The summed E-state index contributed by atoms with van der Waals surface area (Å²) in [6.45, 7) is 1.55. The lowest BCUT2D eigenvalue weighted by molar-refractivity contribution is 0.102. The van der Waals surface area contributed by atoms with Crippen molar-refractivity contribution in [3.63, 3.8) is 0 Å². The van der Waals surface area contributed by atoms with Crippen LogP contribution in [0.3, 0.4) is 0 Å². The van der Waals surface area contributed by atoms with Crippen LogP contribution >= 0.6 is 23.2 Å². The van der Waals surface area contributed by atoms with Crippen LogP contribution in [0.5, 0.6) is 5.75 Å². The van der Waals surface area contributed by atoms with E-state index in [0.29, 0.717) is 17.4 Å². The third-order valence-corrected chi connectivity index (χ3v) is 4.14. The number of aromatic nitrogens is 2. The number of anilines is 1. The first-order valence-corrected chi connectivity index (χ1v) is 7.47. The summed E-state index contributed by atoms with van der Waals surface area (Å²) >= 11 is 12.2. The van der Waals surface area contributed by atoms with Gasteiger partial charge in [-0.05, 0) is 25.1 Å². The predicted molar refractivity (Wildman–Crippen MR) is 85.0 cm³/mol. The number of methoxy groups -OCH3 is 1. The lowest BCUT2D eigenvalue weighted by atomic mass is 10.1. The Kier molecular flexibility index (Phi) is 4.24. The quantitative estimate of drug-likeness (QED) is 0.802. The fourth-order valence-electron chi connectivity index (χ4n) is 2.46. The van der Waals surface area contributed by atoms with Crippen LogP contribution < -0.4 is 15.4 Å². The zero-order valence-electron chi connectivity index (χ0n) is 11.8. The zero-order valence-corrected chi connectivity index (χ0v) is 13.3. The van der Waals surface area contributed by atoms with Crippen molar-refractivity contribution in [2.75, 3.05) is 19.0 Å². The monoisotopic (exact) mass is 340 g/mol. The van der Waals surface area contributed by atoms with Gasteiger partial charge in [-0.15, -0.1) is 0 Å². The number of nitrogens with one attached hydrogen (secondary N) is 3. The molecule has 3 N–H and O–H groups in total. The van der Waals surface area contributed by atoms with Crippen LogP contribution in [0.2, 0.25) is 10.0 Å². The molecule has 1 amide bonds. The van der Waals surface area contributed by atoms with E-state index in [1.165, 1.54) is 7.11 Å². The highest BCUT2D eigenvalue weighted by Gasteiger charge is 2.23. The van der Waals surface area contributed by atoms with Gasteiger partial charge < -0.3 is 15.4 Å². The molecular weight excluding hydrogens is 327 g/mol. The van der Waals surface area contributed by atoms with E-state index in [-0.39, 0.29) is 16.3 Å². The second-order valence-corrected chi connectivity index (χ2v) is 5.66. The lowest BCUT2D eigenvalue weighted by Crippen LogP contribution is -2.24. The standard InChI is InChI=1S/C14H14Cl2N4O2/c1-22-12-9(16)3-2-8(15)11(12)14(21)18-13-7-4-5-17-6-10(7)19-20-13/h2-3,17H,4-6H2,1H3,(H2,18,19,20,21). The molecule has 0 atom stereocenters. The van der Waals surface area contributed by atoms with E-state index in [0.717, 1.165) is 24.2 Å². The number of hydrogen-bond acceptors (Lipinski definition) is 4. The highest BCUT2D eigenvalue weighted by atomic mass is 35.5. The minimum absolute atomic E-state index is 0.197. The maximum absolute atomic E-state index is 12.5. The summed E-state index contributed by atoms with van der Waals surface area (Å²) in [6.07, 6.45) is 0.794. The van der Waals surface area contributed by atoms with E-state index in [1.54, 1.807) is 12.1 Å². The van der Waals surface area contributed by atoms with E-state index in [4.69, 9.17) is 27.9 Å². The van der Waals surface area contributed by atoms with Crippen molar-refractivity contribution in [1.82, 2.24) is 15.5 Å². The number of ether oxygens (including phenoxy) is 1. The van der Waals surface area contributed by atoms with Crippen molar-refractivity contribution < 1.29 is 9.53 Å². The number of hydrogen-bond donors (Lipinski definition) is 3. The molecule has 0 unspecified atom stereocenters. The van der Waals surface area contributed by atoms with Crippen molar-refractivity contribution >= 4 is 34.9 Å². The molecule has 116 valence electrons. The summed E-state index contributed by atoms with van der Waals surface area (Å²) in [5.41, 5.74) is 2.18. The van der Waals surface area contributed by atoms with Crippen LogP contribution in [0.15, 0.2) is 12.1 Å². The van der Waals surface area contributed by atoms with Gasteiger partial charge in [0.05, 0.1) is 22.8 Å². The first-order chi connectivity index (χ1) is 10.6. The van der Waals surface area contributed by atoms with E-state index in [2.05, 4.69) is 20.8 Å². The Morgan fingerprint density at radius 2 is 2.14 bits per heavy atom. The average Bonchev–Trinajstić information content (AvgIpc) is 2.92. The molecule has 1 aliphatic rings. The smallest absolute Gasteiger partial charge is 0.262 e. The largest absolute Gasteiger partial charge is 0.494 e. The van der Waals surface area contributed by atoms with Gasteiger partial charge in [-0.2, -0.15) is 5.10 Å². The molecule has 0 saturated heterocycles. The van der Waals surface area contributed by atoms with E-state index < -0.39 is 5.91 Å². The van der Waals surface area contributed by atoms with Gasteiger partial charge in [0.15, 0.2) is 11.6 Å². The molecule has 0 bridgehead atoms. The van der Waals surface area contributed by atoms with Crippen molar-refractivity contribution in [3.05, 3.63) is 39.0 Å². The number of amides is 1.